The number of methoxy groups -OCH3 is 2. The molecule has 0 aromatic heterocycles. The second-order valence-corrected chi connectivity index (χ2v) is 3.36. The van der Waals surface area contributed by atoms with Gasteiger partial charge < -0.3 is 19.7 Å². The highest BCUT2D eigenvalue weighted by atomic mass is 16.5. The van der Waals surface area contributed by atoms with Crippen LogP contribution in [-0.4, -0.2) is 24.4 Å². The Morgan fingerprint density at radius 2 is 1.56 bits per heavy atom. The molecule has 0 saturated heterocycles. The lowest BCUT2D eigenvalue weighted by molar-refractivity contribution is 0.406. The van der Waals surface area contributed by atoms with E-state index in [1.54, 1.807) is 12.1 Å². The lowest BCUT2D eigenvalue weighted by atomic mass is 10.1. The van der Waals surface area contributed by atoms with Crippen LogP contribution in [0, 0.1) is 0 Å². The standard InChI is InChI=1S/C12H12O4/c1-15-10-3-4-11(16-2)12-8(10)5-7(13)6-9(12)14/h3-6,13-14H,1-2H3. The van der Waals surface area contributed by atoms with Gasteiger partial charge in [-0.2, -0.15) is 0 Å². The summed E-state index contributed by atoms with van der Waals surface area (Å²) >= 11 is 0. The van der Waals surface area contributed by atoms with Crippen molar-refractivity contribution in [2.45, 2.75) is 0 Å². The van der Waals surface area contributed by atoms with Gasteiger partial charge in [0, 0.05) is 11.5 Å². The molecule has 0 aliphatic rings. The van der Waals surface area contributed by atoms with Crippen molar-refractivity contribution in [1.29, 1.82) is 0 Å². The fraction of sp³-hybridized carbons (Fsp3) is 0.167. The van der Waals surface area contributed by atoms with Crippen molar-refractivity contribution in [3.05, 3.63) is 24.3 Å². The minimum Gasteiger partial charge on any atom is -0.508 e. The molecule has 0 heterocycles. The van der Waals surface area contributed by atoms with E-state index in [2.05, 4.69) is 0 Å². The molecular weight excluding hydrogens is 208 g/mol. The monoisotopic (exact) mass is 220 g/mol. The number of rotatable bonds is 2. The van der Waals surface area contributed by atoms with Crippen LogP contribution in [0.25, 0.3) is 10.8 Å². The average molecular weight is 220 g/mol. The molecule has 4 heteroatoms. The molecular formula is C12H12O4. The van der Waals surface area contributed by atoms with Gasteiger partial charge in [-0.15, -0.1) is 0 Å². The van der Waals surface area contributed by atoms with Crippen LogP contribution in [0.3, 0.4) is 0 Å². The summed E-state index contributed by atoms with van der Waals surface area (Å²) in [6, 6.07) is 6.22. The van der Waals surface area contributed by atoms with E-state index in [0.717, 1.165) is 0 Å². The number of ether oxygens (including phenoxy) is 2. The Labute approximate surface area is 92.7 Å². The Bertz CT molecular complexity index is 534. The van der Waals surface area contributed by atoms with Crippen molar-refractivity contribution >= 4 is 10.8 Å². The van der Waals surface area contributed by atoms with E-state index in [4.69, 9.17) is 9.47 Å². The minimum atomic E-state index is -0.0363. The number of aromatic hydroxyl groups is 2. The van der Waals surface area contributed by atoms with Gasteiger partial charge in [0.15, 0.2) is 0 Å². The molecule has 0 aliphatic heterocycles. The van der Waals surface area contributed by atoms with Gasteiger partial charge >= 0.3 is 0 Å². The second kappa shape index (κ2) is 3.81. The molecule has 16 heavy (non-hydrogen) atoms. The number of benzene rings is 2. The van der Waals surface area contributed by atoms with Crippen molar-refractivity contribution in [1.82, 2.24) is 0 Å². The first-order chi connectivity index (χ1) is 7.67. The van der Waals surface area contributed by atoms with Crippen LogP contribution in [0.5, 0.6) is 23.0 Å². The van der Waals surface area contributed by atoms with E-state index in [-0.39, 0.29) is 11.5 Å². The maximum atomic E-state index is 9.79. The summed E-state index contributed by atoms with van der Waals surface area (Å²) < 4.78 is 10.3. The third-order valence-electron chi connectivity index (χ3n) is 2.44. The Morgan fingerprint density at radius 3 is 2.19 bits per heavy atom. The van der Waals surface area contributed by atoms with Gasteiger partial charge in [0.1, 0.15) is 23.0 Å². The first-order valence-electron chi connectivity index (χ1n) is 4.74. The molecule has 2 aromatic carbocycles. The van der Waals surface area contributed by atoms with Crippen LogP contribution in [0.15, 0.2) is 24.3 Å². The van der Waals surface area contributed by atoms with Gasteiger partial charge in [-0.3, -0.25) is 0 Å². The fourth-order valence-corrected chi connectivity index (χ4v) is 1.74. The van der Waals surface area contributed by atoms with Gasteiger partial charge in [-0.25, -0.2) is 0 Å². The molecule has 2 aromatic rings. The molecule has 4 nitrogen and oxygen atoms in total. The topological polar surface area (TPSA) is 58.9 Å². The Balaban J connectivity index is 2.90. The van der Waals surface area contributed by atoms with Crippen LogP contribution in [0.1, 0.15) is 0 Å². The van der Waals surface area contributed by atoms with Gasteiger partial charge in [-0.05, 0) is 18.2 Å². The van der Waals surface area contributed by atoms with E-state index < -0.39 is 0 Å². The van der Waals surface area contributed by atoms with E-state index >= 15 is 0 Å². The predicted molar refractivity (Wildman–Crippen MR) is 60.4 cm³/mol. The van der Waals surface area contributed by atoms with Crippen molar-refractivity contribution in [2.24, 2.45) is 0 Å². The summed E-state index contributed by atoms with van der Waals surface area (Å²) in [4.78, 5) is 0. The normalized spacial score (nSPS) is 10.4. The summed E-state index contributed by atoms with van der Waals surface area (Å²) in [6.07, 6.45) is 0. The molecule has 84 valence electrons. The molecule has 0 bridgehead atoms. The van der Waals surface area contributed by atoms with Crippen molar-refractivity contribution < 1.29 is 19.7 Å². The quantitative estimate of drug-likeness (QED) is 0.815. The molecule has 0 radical (unpaired) electrons. The minimum absolute atomic E-state index is 0.0171. The summed E-state index contributed by atoms with van der Waals surface area (Å²) in [5.41, 5.74) is 0. The van der Waals surface area contributed by atoms with Gasteiger partial charge in [-0.1, -0.05) is 0 Å². The highest BCUT2D eigenvalue weighted by molar-refractivity contribution is 5.98. The second-order valence-electron chi connectivity index (χ2n) is 3.36. The maximum absolute atomic E-state index is 9.79. The summed E-state index contributed by atoms with van der Waals surface area (Å²) in [5, 5.41) is 20.4. The van der Waals surface area contributed by atoms with Crippen LogP contribution < -0.4 is 9.47 Å². The van der Waals surface area contributed by atoms with E-state index in [1.165, 1.54) is 26.4 Å². The van der Waals surface area contributed by atoms with Crippen LogP contribution in [0.4, 0.5) is 0 Å². The summed E-state index contributed by atoms with van der Waals surface area (Å²) in [7, 11) is 3.05. The molecule has 0 aliphatic carbocycles. The largest absolute Gasteiger partial charge is 0.508 e. The molecule has 2 N–H and O–H groups in total. The molecule has 0 fully saturated rings. The van der Waals surface area contributed by atoms with E-state index in [0.29, 0.717) is 22.3 Å². The molecule has 0 saturated carbocycles. The number of phenols is 2. The number of hydrogen-bond donors (Lipinski definition) is 2. The van der Waals surface area contributed by atoms with Crippen molar-refractivity contribution in [2.75, 3.05) is 14.2 Å². The lowest BCUT2D eigenvalue weighted by Crippen LogP contribution is -1.89. The average Bonchev–Trinajstić information content (AvgIpc) is 2.27. The molecule has 0 amide bonds. The van der Waals surface area contributed by atoms with Gasteiger partial charge in [0.05, 0.1) is 19.6 Å². The highest BCUT2D eigenvalue weighted by Gasteiger charge is 2.12. The molecule has 0 unspecified atom stereocenters. The van der Waals surface area contributed by atoms with Crippen molar-refractivity contribution in [3.8, 4) is 23.0 Å². The fourth-order valence-electron chi connectivity index (χ4n) is 1.74. The Hall–Kier alpha value is -2.10. The van der Waals surface area contributed by atoms with Gasteiger partial charge in [0.25, 0.3) is 0 Å². The SMILES string of the molecule is COc1ccc(OC)c2c(O)cc(O)cc12. The summed E-state index contributed by atoms with van der Waals surface area (Å²) in [6.45, 7) is 0. The third-order valence-corrected chi connectivity index (χ3v) is 2.44. The smallest absolute Gasteiger partial charge is 0.130 e. The maximum Gasteiger partial charge on any atom is 0.130 e. The first kappa shape index (κ1) is 10.4. The van der Waals surface area contributed by atoms with Crippen LogP contribution in [0.2, 0.25) is 0 Å². The van der Waals surface area contributed by atoms with Crippen molar-refractivity contribution in [3.63, 3.8) is 0 Å². The zero-order valence-corrected chi connectivity index (χ0v) is 9.02. The highest BCUT2D eigenvalue weighted by Crippen LogP contribution is 2.40. The van der Waals surface area contributed by atoms with E-state index in [9.17, 15) is 10.2 Å². The van der Waals surface area contributed by atoms with Gasteiger partial charge in [0.2, 0.25) is 0 Å². The molecule has 0 atom stereocenters. The number of fused-ring (bicyclic) bond motifs is 1. The summed E-state index contributed by atoms with van der Waals surface area (Å²) in [5.74, 6) is 1.05. The molecule has 2 rings (SSSR count). The molecule has 0 spiro atoms. The Morgan fingerprint density at radius 1 is 0.938 bits per heavy atom. The van der Waals surface area contributed by atoms with Crippen LogP contribution in [-0.2, 0) is 0 Å². The number of hydrogen-bond acceptors (Lipinski definition) is 4. The zero-order chi connectivity index (χ0) is 11.7. The van der Waals surface area contributed by atoms with E-state index in [1.807, 2.05) is 0 Å². The number of phenolic OH excluding ortho intramolecular Hbond substituents is 2. The Kier molecular flexibility index (Phi) is 2.48. The predicted octanol–water partition coefficient (Wildman–Crippen LogP) is 2.27. The van der Waals surface area contributed by atoms with Crippen LogP contribution >= 0.6 is 0 Å². The zero-order valence-electron chi connectivity index (χ0n) is 9.02. The third kappa shape index (κ3) is 1.48. The lowest BCUT2D eigenvalue weighted by Gasteiger charge is -2.11. The first-order valence-corrected chi connectivity index (χ1v) is 4.74.